The Balaban J connectivity index is 3.22. The fourth-order valence-electron chi connectivity index (χ4n) is 1.66. The molecule has 0 aliphatic rings. The van der Waals surface area contributed by atoms with Gasteiger partial charge >= 0.3 is 0 Å². The molecule has 1 amide bonds. The van der Waals surface area contributed by atoms with Crippen LogP contribution in [0, 0.1) is 5.82 Å². The number of benzene rings is 1. The third kappa shape index (κ3) is 4.81. The third-order valence-electron chi connectivity index (χ3n) is 2.49. The van der Waals surface area contributed by atoms with E-state index in [2.05, 4.69) is 5.32 Å². The fourth-order valence-corrected chi connectivity index (χ4v) is 3.17. The quantitative estimate of drug-likeness (QED) is 0.822. The Kier molecular flexibility index (Phi) is 5.60. The topological polar surface area (TPSA) is 72.5 Å². The first kappa shape index (κ1) is 18.2. The first-order valence-electron chi connectivity index (χ1n) is 5.73. The number of methoxy groups -OCH3 is 1. The van der Waals surface area contributed by atoms with Crippen molar-refractivity contribution in [1.82, 2.24) is 5.32 Å². The molecule has 0 atom stereocenters. The van der Waals surface area contributed by atoms with Crippen molar-refractivity contribution in [1.29, 1.82) is 0 Å². The highest BCUT2D eigenvalue weighted by atomic mass is 35.7. The summed E-state index contributed by atoms with van der Waals surface area (Å²) in [6.45, 7) is 3.53. The van der Waals surface area contributed by atoms with Crippen LogP contribution in [0.5, 0.6) is 0 Å². The lowest BCUT2D eigenvalue weighted by Crippen LogP contribution is -2.47. The van der Waals surface area contributed by atoms with Gasteiger partial charge < -0.3 is 10.1 Å². The minimum Gasteiger partial charge on any atom is -0.382 e. The lowest BCUT2D eigenvalue weighted by molar-refractivity contribution is 0.0816. The van der Waals surface area contributed by atoms with Gasteiger partial charge in [0.15, 0.2) is 0 Å². The molecule has 118 valence electrons. The molecule has 21 heavy (non-hydrogen) atoms. The summed E-state index contributed by atoms with van der Waals surface area (Å²) in [6.07, 6.45) is 0. The molecule has 1 rings (SSSR count). The number of amides is 1. The van der Waals surface area contributed by atoms with E-state index in [1.165, 1.54) is 7.11 Å². The van der Waals surface area contributed by atoms with Crippen molar-refractivity contribution in [2.45, 2.75) is 24.3 Å². The molecule has 1 N–H and O–H groups in total. The molecule has 1 aromatic carbocycles. The van der Waals surface area contributed by atoms with Crippen molar-refractivity contribution in [2.24, 2.45) is 0 Å². The molecule has 9 heteroatoms. The molecule has 0 aliphatic carbocycles. The van der Waals surface area contributed by atoms with Crippen LogP contribution >= 0.6 is 22.3 Å². The molecule has 0 aromatic heterocycles. The van der Waals surface area contributed by atoms with Gasteiger partial charge in [-0.05, 0) is 26.0 Å². The van der Waals surface area contributed by atoms with Crippen molar-refractivity contribution in [2.75, 3.05) is 13.7 Å². The third-order valence-corrected chi connectivity index (χ3v) is 4.27. The van der Waals surface area contributed by atoms with Gasteiger partial charge in [0, 0.05) is 17.8 Å². The van der Waals surface area contributed by atoms with E-state index in [0.717, 1.165) is 12.1 Å². The summed E-state index contributed by atoms with van der Waals surface area (Å²) in [5.41, 5.74) is -1.24. The van der Waals surface area contributed by atoms with Gasteiger partial charge in [0.25, 0.3) is 15.0 Å². The summed E-state index contributed by atoms with van der Waals surface area (Å²) in [6, 6.07) is 1.53. The summed E-state index contributed by atoms with van der Waals surface area (Å²) in [4.78, 5) is 11.5. The summed E-state index contributed by atoms with van der Waals surface area (Å²) in [7, 11) is 2.45. The molecule has 0 bridgehead atoms. The van der Waals surface area contributed by atoms with E-state index < -0.39 is 41.8 Å². The molecular weight excluding hydrogens is 344 g/mol. The number of ether oxygens (including phenoxy) is 1. The molecule has 0 radical (unpaired) electrons. The van der Waals surface area contributed by atoms with Gasteiger partial charge in [-0.15, -0.1) is 0 Å². The zero-order valence-electron chi connectivity index (χ0n) is 11.5. The Morgan fingerprint density at radius 3 is 2.48 bits per heavy atom. The predicted molar refractivity (Wildman–Crippen MR) is 77.9 cm³/mol. The number of halogens is 3. The maximum absolute atomic E-state index is 13.8. The number of hydrogen-bond acceptors (Lipinski definition) is 4. The van der Waals surface area contributed by atoms with Crippen LogP contribution < -0.4 is 5.32 Å². The summed E-state index contributed by atoms with van der Waals surface area (Å²) in [5, 5.41) is 2.13. The standard InChI is InChI=1S/C12H14Cl2FNO4S/c1-12(2,6-20-3)16-11(17)7-4-10(21(14,18)19)8(13)5-9(7)15/h4-5H,6H2,1-3H3,(H,16,17). The van der Waals surface area contributed by atoms with Gasteiger partial charge in [0.05, 0.1) is 22.7 Å². The van der Waals surface area contributed by atoms with Gasteiger partial charge in [0.2, 0.25) is 0 Å². The van der Waals surface area contributed by atoms with Gasteiger partial charge in [-0.1, -0.05) is 11.6 Å². The second-order valence-corrected chi connectivity index (χ2v) is 7.91. The lowest BCUT2D eigenvalue weighted by Gasteiger charge is -2.25. The normalized spacial score (nSPS) is 12.3. The lowest BCUT2D eigenvalue weighted by atomic mass is 10.1. The maximum atomic E-state index is 13.8. The Bertz CT molecular complexity index is 661. The monoisotopic (exact) mass is 357 g/mol. The van der Waals surface area contributed by atoms with Crippen LogP contribution in [0.2, 0.25) is 5.02 Å². The Labute approximate surface area is 131 Å². The largest absolute Gasteiger partial charge is 0.382 e. The second kappa shape index (κ2) is 6.48. The number of carbonyl (C=O) groups excluding carboxylic acids is 1. The molecule has 0 spiro atoms. The molecule has 0 aliphatic heterocycles. The molecule has 0 fully saturated rings. The first-order valence-corrected chi connectivity index (χ1v) is 8.42. The van der Waals surface area contributed by atoms with Crippen molar-refractivity contribution >= 4 is 37.2 Å². The molecule has 0 unspecified atom stereocenters. The van der Waals surface area contributed by atoms with Crippen LogP contribution in [0.1, 0.15) is 24.2 Å². The summed E-state index contributed by atoms with van der Waals surface area (Å²) >= 11 is 5.62. The van der Waals surface area contributed by atoms with Gasteiger partial charge in [-0.25, -0.2) is 12.8 Å². The van der Waals surface area contributed by atoms with Crippen molar-refractivity contribution in [3.05, 3.63) is 28.5 Å². The first-order chi connectivity index (χ1) is 9.48. The Morgan fingerprint density at radius 1 is 1.43 bits per heavy atom. The molecular formula is C12H14Cl2FNO4S. The van der Waals surface area contributed by atoms with E-state index >= 15 is 0 Å². The number of nitrogens with one attached hydrogen (secondary N) is 1. The highest BCUT2D eigenvalue weighted by Crippen LogP contribution is 2.28. The fraction of sp³-hybridized carbons (Fsp3) is 0.417. The van der Waals surface area contributed by atoms with E-state index in [1.54, 1.807) is 13.8 Å². The Morgan fingerprint density at radius 2 is 2.00 bits per heavy atom. The van der Waals surface area contributed by atoms with E-state index in [1.807, 2.05) is 0 Å². The van der Waals surface area contributed by atoms with Gasteiger partial charge in [-0.3, -0.25) is 4.79 Å². The molecule has 0 saturated carbocycles. The summed E-state index contributed by atoms with van der Waals surface area (Å²) < 4.78 is 41.4. The van der Waals surface area contributed by atoms with Crippen LogP contribution in [-0.2, 0) is 13.8 Å². The van der Waals surface area contributed by atoms with Crippen molar-refractivity contribution < 1.29 is 22.3 Å². The van der Waals surface area contributed by atoms with Crippen molar-refractivity contribution in [3.63, 3.8) is 0 Å². The second-order valence-electron chi connectivity index (χ2n) is 4.97. The van der Waals surface area contributed by atoms with E-state index in [0.29, 0.717) is 0 Å². The zero-order valence-corrected chi connectivity index (χ0v) is 13.9. The average Bonchev–Trinajstić information content (AvgIpc) is 2.25. The smallest absolute Gasteiger partial charge is 0.262 e. The zero-order chi connectivity index (χ0) is 16.4. The van der Waals surface area contributed by atoms with Gasteiger partial charge in [0.1, 0.15) is 10.7 Å². The number of carbonyl (C=O) groups is 1. The maximum Gasteiger partial charge on any atom is 0.262 e. The van der Waals surface area contributed by atoms with Crippen molar-refractivity contribution in [3.8, 4) is 0 Å². The molecule has 1 aromatic rings. The van der Waals surface area contributed by atoms with Crippen LogP contribution in [-0.4, -0.2) is 33.6 Å². The SMILES string of the molecule is COCC(C)(C)NC(=O)c1cc(S(=O)(=O)Cl)c(Cl)cc1F. The molecule has 5 nitrogen and oxygen atoms in total. The molecule has 0 saturated heterocycles. The highest BCUT2D eigenvalue weighted by Gasteiger charge is 2.26. The van der Waals surface area contributed by atoms with E-state index in [4.69, 9.17) is 27.0 Å². The van der Waals surface area contributed by atoms with Gasteiger partial charge in [-0.2, -0.15) is 0 Å². The highest BCUT2D eigenvalue weighted by molar-refractivity contribution is 8.13. The van der Waals surface area contributed by atoms with E-state index in [9.17, 15) is 17.6 Å². The van der Waals surface area contributed by atoms with Crippen LogP contribution in [0.15, 0.2) is 17.0 Å². The van der Waals surface area contributed by atoms with Crippen LogP contribution in [0.4, 0.5) is 4.39 Å². The predicted octanol–water partition coefficient (Wildman–Crippen LogP) is 2.56. The Hall–Kier alpha value is -0.890. The van der Waals surface area contributed by atoms with E-state index in [-0.39, 0.29) is 6.61 Å². The average molecular weight is 358 g/mol. The van der Waals surface area contributed by atoms with Crippen LogP contribution in [0.25, 0.3) is 0 Å². The minimum atomic E-state index is -4.19. The van der Waals surface area contributed by atoms with Crippen LogP contribution in [0.3, 0.4) is 0 Å². The summed E-state index contributed by atoms with van der Waals surface area (Å²) in [5.74, 6) is -1.75. The molecule has 0 heterocycles. The number of hydrogen-bond donors (Lipinski definition) is 1. The minimum absolute atomic E-state index is 0.189. The number of rotatable bonds is 5.